The van der Waals surface area contributed by atoms with Crippen LogP contribution in [0.5, 0.6) is 0 Å². The predicted octanol–water partition coefficient (Wildman–Crippen LogP) is 3.43. The van der Waals surface area contributed by atoms with Crippen molar-refractivity contribution < 1.29 is 0 Å². The summed E-state index contributed by atoms with van der Waals surface area (Å²) in [6.45, 7) is 3.16. The summed E-state index contributed by atoms with van der Waals surface area (Å²) in [5, 5.41) is 5.65. The molecule has 1 aliphatic heterocycles. The molecule has 23 heavy (non-hydrogen) atoms. The molecule has 0 radical (unpaired) electrons. The van der Waals surface area contributed by atoms with Crippen molar-refractivity contribution in [3.05, 3.63) is 58.3 Å². The molecule has 0 bridgehead atoms. The van der Waals surface area contributed by atoms with Crippen molar-refractivity contribution in [2.45, 2.75) is 19.3 Å². The summed E-state index contributed by atoms with van der Waals surface area (Å²) in [4.78, 5) is 8.30. The third kappa shape index (κ3) is 4.58. The second-order valence-corrected chi connectivity index (χ2v) is 7.13. The van der Waals surface area contributed by atoms with Gasteiger partial charge in [0, 0.05) is 31.6 Å². The smallest absolute Gasteiger partial charge is 0.193 e. The molecule has 1 atom stereocenters. The fraction of sp³-hybridized carbons (Fsp3) is 0.421. The zero-order chi connectivity index (χ0) is 15.9. The second-order valence-electron chi connectivity index (χ2n) is 6.09. The lowest BCUT2D eigenvalue weighted by atomic mass is 9.99. The van der Waals surface area contributed by atoms with E-state index in [1.165, 1.54) is 23.3 Å². The number of thiophene rings is 1. The summed E-state index contributed by atoms with van der Waals surface area (Å²) in [5.74, 6) is 1.78. The molecule has 0 saturated carbocycles. The zero-order valence-corrected chi connectivity index (χ0v) is 14.6. The van der Waals surface area contributed by atoms with E-state index in [4.69, 9.17) is 0 Å². The molecule has 0 amide bonds. The van der Waals surface area contributed by atoms with Crippen LogP contribution in [-0.2, 0) is 12.8 Å². The summed E-state index contributed by atoms with van der Waals surface area (Å²) in [7, 11) is 1.89. The van der Waals surface area contributed by atoms with Gasteiger partial charge in [-0.15, -0.1) is 11.3 Å². The Bertz CT molecular complexity index is 607. The summed E-state index contributed by atoms with van der Waals surface area (Å²) < 4.78 is 0. The number of hydrogen-bond acceptors (Lipinski definition) is 2. The predicted molar refractivity (Wildman–Crippen MR) is 99.2 cm³/mol. The quantitative estimate of drug-likeness (QED) is 0.673. The molecule has 2 aromatic rings. The number of guanidine groups is 1. The van der Waals surface area contributed by atoms with Gasteiger partial charge < -0.3 is 10.2 Å². The SMILES string of the molecule is CN=C(NCCc1cccs1)N1CCC(Cc2ccccc2)C1. The first-order valence-corrected chi connectivity index (χ1v) is 9.25. The van der Waals surface area contributed by atoms with E-state index in [1.54, 1.807) is 0 Å². The molecular weight excluding hydrogens is 302 g/mol. The number of hydrogen-bond donors (Lipinski definition) is 1. The Morgan fingerprint density at radius 3 is 2.87 bits per heavy atom. The summed E-state index contributed by atoms with van der Waals surface area (Å²) in [6, 6.07) is 15.1. The highest BCUT2D eigenvalue weighted by Gasteiger charge is 2.24. The van der Waals surface area contributed by atoms with Gasteiger partial charge in [-0.3, -0.25) is 4.99 Å². The van der Waals surface area contributed by atoms with Crippen LogP contribution in [0.1, 0.15) is 16.9 Å². The van der Waals surface area contributed by atoms with Crippen molar-refractivity contribution in [3.63, 3.8) is 0 Å². The average molecular weight is 327 g/mol. The molecule has 1 aromatic heterocycles. The highest BCUT2D eigenvalue weighted by molar-refractivity contribution is 7.09. The molecule has 3 nitrogen and oxygen atoms in total. The average Bonchev–Trinajstić information content (AvgIpc) is 3.25. The van der Waals surface area contributed by atoms with Crippen molar-refractivity contribution in [1.82, 2.24) is 10.2 Å². The van der Waals surface area contributed by atoms with Crippen LogP contribution in [0, 0.1) is 5.92 Å². The van der Waals surface area contributed by atoms with Crippen molar-refractivity contribution in [3.8, 4) is 0 Å². The first kappa shape index (κ1) is 16.1. The number of nitrogens with zero attached hydrogens (tertiary/aromatic N) is 2. The molecular formula is C19H25N3S. The van der Waals surface area contributed by atoms with Gasteiger partial charge in [-0.25, -0.2) is 0 Å². The van der Waals surface area contributed by atoms with Gasteiger partial charge in [-0.1, -0.05) is 36.4 Å². The fourth-order valence-corrected chi connectivity index (χ4v) is 3.93. The van der Waals surface area contributed by atoms with E-state index in [0.717, 1.165) is 37.9 Å². The maximum Gasteiger partial charge on any atom is 0.193 e. The van der Waals surface area contributed by atoms with Gasteiger partial charge in [-0.05, 0) is 42.2 Å². The summed E-state index contributed by atoms with van der Waals surface area (Å²) in [6.07, 6.45) is 3.49. The molecule has 2 heterocycles. The topological polar surface area (TPSA) is 27.6 Å². The standard InChI is InChI=1S/C19H25N3S/c1-20-19(21-11-9-18-8-5-13-23-18)22-12-10-17(15-22)14-16-6-3-2-4-7-16/h2-8,13,17H,9-12,14-15H2,1H3,(H,20,21). The van der Waals surface area contributed by atoms with E-state index in [2.05, 4.69) is 63.1 Å². The van der Waals surface area contributed by atoms with Gasteiger partial charge in [0.05, 0.1) is 0 Å². The molecule has 1 aliphatic rings. The van der Waals surface area contributed by atoms with Crippen LogP contribution in [0.2, 0.25) is 0 Å². The maximum atomic E-state index is 4.47. The number of benzene rings is 1. The first-order chi connectivity index (χ1) is 11.3. The molecule has 1 saturated heterocycles. The number of rotatable bonds is 5. The van der Waals surface area contributed by atoms with Crippen LogP contribution in [0.25, 0.3) is 0 Å². The van der Waals surface area contributed by atoms with Crippen LogP contribution in [0.4, 0.5) is 0 Å². The molecule has 4 heteroatoms. The Morgan fingerprint density at radius 1 is 1.26 bits per heavy atom. The van der Waals surface area contributed by atoms with Gasteiger partial charge in [0.1, 0.15) is 0 Å². The molecule has 0 aliphatic carbocycles. The van der Waals surface area contributed by atoms with Crippen LogP contribution in [0.15, 0.2) is 52.8 Å². The minimum Gasteiger partial charge on any atom is -0.356 e. The number of aliphatic imine (C=N–C) groups is 1. The van der Waals surface area contributed by atoms with Crippen molar-refractivity contribution >= 4 is 17.3 Å². The largest absolute Gasteiger partial charge is 0.356 e. The highest BCUT2D eigenvalue weighted by atomic mass is 32.1. The van der Waals surface area contributed by atoms with Crippen molar-refractivity contribution in [1.29, 1.82) is 0 Å². The fourth-order valence-electron chi connectivity index (χ4n) is 3.22. The van der Waals surface area contributed by atoms with E-state index >= 15 is 0 Å². The summed E-state index contributed by atoms with van der Waals surface area (Å²) in [5.41, 5.74) is 1.44. The van der Waals surface area contributed by atoms with Crippen LogP contribution >= 0.6 is 11.3 Å². The highest BCUT2D eigenvalue weighted by Crippen LogP contribution is 2.20. The van der Waals surface area contributed by atoms with Crippen molar-refractivity contribution in [2.75, 3.05) is 26.7 Å². The lowest BCUT2D eigenvalue weighted by Gasteiger charge is -2.21. The Morgan fingerprint density at radius 2 is 2.13 bits per heavy atom. The van der Waals surface area contributed by atoms with Gasteiger partial charge >= 0.3 is 0 Å². The minimum absolute atomic E-state index is 0.730. The van der Waals surface area contributed by atoms with Crippen LogP contribution in [-0.4, -0.2) is 37.5 Å². The second kappa shape index (κ2) is 8.16. The Kier molecular flexibility index (Phi) is 5.70. The van der Waals surface area contributed by atoms with Gasteiger partial charge in [0.2, 0.25) is 0 Å². The van der Waals surface area contributed by atoms with Crippen LogP contribution < -0.4 is 5.32 Å². The monoisotopic (exact) mass is 327 g/mol. The number of nitrogens with one attached hydrogen (secondary N) is 1. The third-order valence-electron chi connectivity index (χ3n) is 4.40. The minimum atomic E-state index is 0.730. The van der Waals surface area contributed by atoms with Crippen LogP contribution in [0.3, 0.4) is 0 Å². The van der Waals surface area contributed by atoms with E-state index < -0.39 is 0 Å². The molecule has 1 unspecified atom stereocenters. The van der Waals surface area contributed by atoms with E-state index in [1.807, 2.05) is 18.4 Å². The van der Waals surface area contributed by atoms with E-state index in [0.29, 0.717) is 0 Å². The Labute approximate surface area is 143 Å². The van der Waals surface area contributed by atoms with Gasteiger partial charge in [-0.2, -0.15) is 0 Å². The van der Waals surface area contributed by atoms with E-state index in [-0.39, 0.29) is 0 Å². The molecule has 1 N–H and O–H groups in total. The van der Waals surface area contributed by atoms with Crippen molar-refractivity contribution in [2.24, 2.45) is 10.9 Å². The Hall–Kier alpha value is -1.81. The maximum absolute atomic E-state index is 4.47. The summed E-state index contributed by atoms with van der Waals surface area (Å²) >= 11 is 1.82. The molecule has 1 fully saturated rings. The lowest BCUT2D eigenvalue weighted by molar-refractivity contribution is 0.460. The molecule has 0 spiro atoms. The molecule has 3 rings (SSSR count). The Balaban J connectivity index is 1.46. The van der Waals surface area contributed by atoms with Gasteiger partial charge in [0.25, 0.3) is 0 Å². The van der Waals surface area contributed by atoms with E-state index in [9.17, 15) is 0 Å². The van der Waals surface area contributed by atoms with Gasteiger partial charge in [0.15, 0.2) is 5.96 Å². The normalized spacial score (nSPS) is 18.4. The first-order valence-electron chi connectivity index (χ1n) is 8.37. The third-order valence-corrected chi connectivity index (χ3v) is 5.34. The lowest BCUT2D eigenvalue weighted by Crippen LogP contribution is -2.40. The molecule has 122 valence electrons. The molecule has 1 aromatic carbocycles. The zero-order valence-electron chi connectivity index (χ0n) is 13.7. The number of likely N-dealkylation sites (tertiary alicyclic amines) is 1.